The fourth-order valence-electron chi connectivity index (χ4n) is 0.792. The fraction of sp³-hybridized carbons (Fsp3) is 0.778. The quantitative estimate of drug-likeness (QED) is 0.622. The number of carbonyl (C=O) groups excluding carboxylic acids is 2. The summed E-state index contributed by atoms with van der Waals surface area (Å²) in [6.45, 7) is 3.37. The molecule has 0 rings (SSSR count). The van der Waals surface area contributed by atoms with Crippen molar-refractivity contribution in [1.29, 1.82) is 0 Å². The Hall–Kier alpha value is -1.10. The summed E-state index contributed by atoms with van der Waals surface area (Å²) in [5.74, 6) is -0.350. The van der Waals surface area contributed by atoms with Gasteiger partial charge in [0.2, 0.25) is 11.8 Å². The molecule has 0 aromatic rings. The van der Waals surface area contributed by atoms with E-state index in [1.54, 1.807) is 20.9 Å². The average molecular weight is 202 g/mol. The zero-order valence-corrected chi connectivity index (χ0v) is 8.91. The molecule has 0 bridgehead atoms. The summed E-state index contributed by atoms with van der Waals surface area (Å²) in [7, 11) is 1.60. The van der Waals surface area contributed by atoms with Crippen LogP contribution in [0.2, 0.25) is 0 Å². The van der Waals surface area contributed by atoms with Gasteiger partial charge in [-0.25, -0.2) is 0 Å². The molecular formula is C9H18N2O3. The highest BCUT2D eigenvalue weighted by molar-refractivity contribution is 5.84. The second kappa shape index (κ2) is 6.37. The first-order valence-electron chi connectivity index (χ1n) is 4.66. The van der Waals surface area contributed by atoms with Crippen molar-refractivity contribution in [1.82, 2.24) is 10.2 Å². The van der Waals surface area contributed by atoms with E-state index in [1.165, 1.54) is 4.90 Å². The van der Waals surface area contributed by atoms with Crippen molar-refractivity contribution < 1.29 is 14.7 Å². The molecule has 0 heterocycles. The summed E-state index contributed by atoms with van der Waals surface area (Å²) >= 11 is 0. The summed E-state index contributed by atoms with van der Waals surface area (Å²) < 4.78 is 0. The van der Waals surface area contributed by atoms with E-state index in [9.17, 15) is 9.59 Å². The van der Waals surface area contributed by atoms with Crippen LogP contribution in [0.3, 0.4) is 0 Å². The van der Waals surface area contributed by atoms with Gasteiger partial charge in [0.05, 0.1) is 19.2 Å². The number of carbonyl (C=O) groups is 2. The molecule has 0 radical (unpaired) electrons. The molecule has 0 aromatic heterocycles. The van der Waals surface area contributed by atoms with Crippen LogP contribution in [0.5, 0.6) is 0 Å². The summed E-state index contributed by atoms with van der Waals surface area (Å²) in [5, 5.41) is 11.3. The number of nitrogens with zero attached hydrogens (tertiary/aromatic N) is 1. The van der Waals surface area contributed by atoms with E-state index >= 15 is 0 Å². The maximum Gasteiger partial charge on any atom is 0.242 e. The van der Waals surface area contributed by atoms with E-state index in [4.69, 9.17) is 5.11 Å². The fourth-order valence-corrected chi connectivity index (χ4v) is 0.792. The molecule has 0 spiro atoms. The summed E-state index contributed by atoms with van der Waals surface area (Å²) in [5.41, 5.74) is 0. The monoisotopic (exact) mass is 202 g/mol. The number of aliphatic hydroxyl groups excluding tert-OH is 1. The Labute approximate surface area is 84.1 Å². The van der Waals surface area contributed by atoms with Gasteiger partial charge in [0.15, 0.2) is 0 Å². The van der Waals surface area contributed by atoms with Gasteiger partial charge < -0.3 is 15.3 Å². The Kier molecular flexibility index (Phi) is 5.87. The predicted octanol–water partition coefficient (Wildman–Crippen LogP) is -0.648. The normalized spacial score (nSPS) is 12.0. The van der Waals surface area contributed by atoms with E-state index in [0.29, 0.717) is 6.42 Å². The third-order valence-corrected chi connectivity index (χ3v) is 2.08. The molecule has 0 saturated heterocycles. The number of nitrogens with one attached hydrogen (secondary N) is 1. The summed E-state index contributed by atoms with van der Waals surface area (Å²) in [6.07, 6.45) is 0.368. The zero-order chi connectivity index (χ0) is 11.1. The van der Waals surface area contributed by atoms with Crippen molar-refractivity contribution in [3.05, 3.63) is 0 Å². The van der Waals surface area contributed by atoms with Gasteiger partial charge in [-0.3, -0.25) is 9.59 Å². The summed E-state index contributed by atoms with van der Waals surface area (Å²) in [4.78, 5) is 23.6. The topological polar surface area (TPSA) is 69.6 Å². The van der Waals surface area contributed by atoms with Gasteiger partial charge in [-0.15, -0.1) is 0 Å². The molecule has 2 N–H and O–H groups in total. The minimum atomic E-state index is -0.221. The first-order chi connectivity index (χ1) is 6.52. The van der Waals surface area contributed by atoms with Crippen molar-refractivity contribution in [3.8, 4) is 0 Å². The molecule has 82 valence electrons. The molecule has 0 aliphatic rings. The van der Waals surface area contributed by atoms with Gasteiger partial charge in [0.25, 0.3) is 0 Å². The zero-order valence-electron chi connectivity index (χ0n) is 8.91. The number of hydrogen-bond acceptors (Lipinski definition) is 3. The Morgan fingerprint density at radius 3 is 2.50 bits per heavy atom. The molecule has 0 fully saturated rings. The maximum absolute atomic E-state index is 11.4. The molecule has 2 amide bonds. The van der Waals surface area contributed by atoms with Gasteiger partial charge in [-0.2, -0.15) is 0 Å². The molecular weight excluding hydrogens is 184 g/mol. The molecule has 5 nitrogen and oxygen atoms in total. The molecule has 1 unspecified atom stereocenters. The Morgan fingerprint density at radius 2 is 2.07 bits per heavy atom. The lowest BCUT2D eigenvalue weighted by atomic mass is 10.3. The third-order valence-electron chi connectivity index (χ3n) is 2.08. The standard InChI is InChI=1S/C9H18N2O3/c1-4-8(13)10-5-9(14)11(3)7(2)6-12/h7,12H,4-6H2,1-3H3,(H,10,13). The lowest BCUT2D eigenvalue weighted by Gasteiger charge is -2.23. The largest absolute Gasteiger partial charge is 0.394 e. The molecule has 1 atom stereocenters. The van der Waals surface area contributed by atoms with Gasteiger partial charge in [-0.05, 0) is 6.92 Å². The van der Waals surface area contributed by atoms with Crippen LogP contribution in [-0.2, 0) is 9.59 Å². The molecule has 14 heavy (non-hydrogen) atoms. The van der Waals surface area contributed by atoms with Crippen LogP contribution in [0, 0.1) is 0 Å². The van der Waals surface area contributed by atoms with Crippen LogP contribution in [0.15, 0.2) is 0 Å². The average Bonchev–Trinajstić information content (AvgIpc) is 2.22. The van der Waals surface area contributed by atoms with Crippen molar-refractivity contribution in [2.75, 3.05) is 20.2 Å². The van der Waals surface area contributed by atoms with Gasteiger partial charge in [0, 0.05) is 13.5 Å². The van der Waals surface area contributed by atoms with Crippen LogP contribution in [-0.4, -0.2) is 48.1 Å². The van der Waals surface area contributed by atoms with E-state index in [-0.39, 0.29) is 31.0 Å². The van der Waals surface area contributed by atoms with E-state index < -0.39 is 0 Å². The maximum atomic E-state index is 11.4. The number of rotatable bonds is 5. The Bertz CT molecular complexity index is 206. The number of likely N-dealkylation sites (N-methyl/N-ethyl adjacent to an activating group) is 1. The van der Waals surface area contributed by atoms with Crippen molar-refractivity contribution >= 4 is 11.8 Å². The minimum Gasteiger partial charge on any atom is -0.394 e. The molecule has 0 aliphatic heterocycles. The molecule has 0 aliphatic carbocycles. The minimum absolute atomic E-state index is 0.00644. The van der Waals surface area contributed by atoms with E-state index in [1.807, 2.05) is 0 Å². The van der Waals surface area contributed by atoms with Crippen LogP contribution >= 0.6 is 0 Å². The number of amides is 2. The van der Waals surface area contributed by atoms with E-state index in [0.717, 1.165) is 0 Å². The highest BCUT2D eigenvalue weighted by Gasteiger charge is 2.14. The molecule has 0 saturated carbocycles. The first-order valence-corrected chi connectivity index (χ1v) is 4.66. The first kappa shape index (κ1) is 12.9. The van der Waals surface area contributed by atoms with Gasteiger partial charge >= 0.3 is 0 Å². The smallest absolute Gasteiger partial charge is 0.242 e. The Balaban J connectivity index is 3.90. The Morgan fingerprint density at radius 1 is 1.50 bits per heavy atom. The molecule has 5 heteroatoms. The number of hydrogen-bond donors (Lipinski definition) is 2. The van der Waals surface area contributed by atoms with Gasteiger partial charge in [-0.1, -0.05) is 6.92 Å². The van der Waals surface area contributed by atoms with Crippen LogP contribution in [0.25, 0.3) is 0 Å². The lowest BCUT2D eigenvalue weighted by Crippen LogP contribution is -2.43. The van der Waals surface area contributed by atoms with E-state index in [2.05, 4.69) is 5.32 Å². The highest BCUT2D eigenvalue weighted by atomic mass is 16.3. The SMILES string of the molecule is CCC(=O)NCC(=O)N(C)C(C)CO. The second-order valence-corrected chi connectivity index (χ2v) is 3.17. The van der Waals surface area contributed by atoms with Crippen LogP contribution in [0.1, 0.15) is 20.3 Å². The number of aliphatic hydroxyl groups is 1. The van der Waals surface area contributed by atoms with Crippen molar-refractivity contribution in [3.63, 3.8) is 0 Å². The lowest BCUT2D eigenvalue weighted by molar-refractivity contribution is -0.133. The van der Waals surface area contributed by atoms with Crippen LogP contribution in [0.4, 0.5) is 0 Å². The third kappa shape index (κ3) is 4.23. The molecule has 0 aromatic carbocycles. The predicted molar refractivity (Wildman–Crippen MR) is 52.6 cm³/mol. The summed E-state index contributed by atoms with van der Waals surface area (Å²) in [6, 6.07) is -0.221. The van der Waals surface area contributed by atoms with Crippen molar-refractivity contribution in [2.45, 2.75) is 26.3 Å². The van der Waals surface area contributed by atoms with Gasteiger partial charge in [0.1, 0.15) is 0 Å². The highest BCUT2D eigenvalue weighted by Crippen LogP contribution is 1.93. The van der Waals surface area contributed by atoms with Crippen LogP contribution < -0.4 is 5.32 Å². The second-order valence-electron chi connectivity index (χ2n) is 3.17. The van der Waals surface area contributed by atoms with Crippen molar-refractivity contribution in [2.24, 2.45) is 0 Å².